The van der Waals surface area contributed by atoms with Crippen molar-refractivity contribution in [2.24, 2.45) is 11.8 Å². The summed E-state index contributed by atoms with van der Waals surface area (Å²) in [6.45, 7) is 0. The largest absolute Gasteiger partial charge is 0.299 e. The van der Waals surface area contributed by atoms with Crippen molar-refractivity contribution in [1.29, 1.82) is 0 Å². The van der Waals surface area contributed by atoms with E-state index in [0.717, 1.165) is 18.7 Å². The molecule has 1 aliphatic rings. The zero-order valence-corrected chi connectivity index (χ0v) is 12.8. The number of rotatable bonds is 5. The molecule has 4 heteroatoms. The van der Waals surface area contributed by atoms with Gasteiger partial charge in [0.2, 0.25) is 0 Å². The van der Waals surface area contributed by atoms with E-state index in [2.05, 4.69) is 25.9 Å². The van der Waals surface area contributed by atoms with Gasteiger partial charge >= 0.3 is 0 Å². The van der Waals surface area contributed by atoms with Gasteiger partial charge in [-0.05, 0) is 30.7 Å². The number of hydrogen-bond donors (Lipinski definition) is 0. The second-order valence-electron chi connectivity index (χ2n) is 5.49. The lowest BCUT2D eigenvalue weighted by atomic mass is 9.93. The van der Waals surface area contributed by atoms with Crippen molar-refractivity contribution >= 4 is 21.7 Å². The Bertz CT molecular complexity index is 396. The molecule has 2 atom stereocenters. The van der Waals surface area contributed by atoms with E-state index in [0.29, 0.717) is 22.9 Å². The van der Waals surface area contributed by atoms with Crippen LogP contribution in [-0.4, -0.2) is 21.1 Å². The number of carbonyl (C=O) groups is 1. The van der Waals surface area contributed by atoms with Crippen molar-refractivity contribution in [1.82, 2.24) is 9.97 Å². The molecule has 0 aliphatic heterocycles. The van der Waals surface area contributed by atoms with Gasteiger partial charge in [-0.25, -0.2) is 9.97 Å². The molecule has 0 N–H and O–H groups in total. The fourth-order valence-electron chi connectivity index (χ4n) is 2.93. The minimum Gasteiger partial charge on any atom is -0.299 e. The minimum atomic E-state index is 0.342. The molecular formula is C15H21BrN2O. The van der Waals surface area contributed by atoms with E-state index >= 15 is 0 Å². The van der Waals surface area contributed by atoms with E-state index < -0.39 is 0 Å². The predicted octanol–water partition coefficient (Wildman–Crippen LogP) is 3.57. The van der Waals surface area contributed by atoms with Crippen molar-refractivity contribution in [3.05, 3.63) is 24.3 Å². The maximum Gasteiger partial charge on any atom is 0.143 e. The highest BCUT2D eigenvalue weighted by Gasteiger charge is 2.21. The van der Waals surface area contributed by atoms with Gasteiger partial charge in [0, 0.05) is 25.2 Å². The second kappa shape index (κ2) is 7.73. The first kappa shape index (κ1) is 14.6. The van der Waals surface area contributed by atoms with Gasteiger partial charge in [0.1, 0.15) is 11.6 Å². The van der Waals surface area contributed by atoms with Gasteiger partial charge in [-0.2, -0.15) is 0 Å². The summed E-state index contributed by atoms with van der Waals surface area (Å²) in [4.78, 5) is 20.1. The van der Waals surface area contributed by atoms with Gasteiger partial charge in [-0.1, -0.05) is 35.2 Å². The third-order valence-electron chi connectivity index (χ3n) is 3.96. The first-order valence-corrected chi connectivity index (χ1v) is 8.23. The van der Waals surface area contributed by atoms with Crippen LogP contribution < -0.4 is 0 Å². The Labute approximate surface area is 123 Å². The number of hydrogen-bond acceptors (Lipinski definition) is 3. The van der Waals surface area contributed by atoms with Crippen LogP contribution in [0.4, 0.5) is 0 Å². The van der Waals surface area contributed by atoms with Crippen molar-refractivity contribution in [3.8, 4) is 0 Å². The van der Waals surface area contributed by atoms with Crippen LogP contribution in [0.2, 0.25) is 0 Å². The highest BCUT2D eigenvalue weighted by molar-refractivity contribution is 9.09. The first-order chi connectivity index (χ1) is 9.28. The zero-order chi connectivity index (χ0) is 13.5. The number of halogens is 1. The number of Topliss-reactive ketones (excluding diaryl/α,β-unsaturated/α-hetero) is 1. The van der Waals surface area contributed by atoms with Crippen molar-refractivity contribution in [3.63, 3.8) is 0 Å². The first-order valence-electron chi connectivity index (χ1n) is 7.11. The van der Waals surface area contributed by atoms with E-state index in [9.17, 15) is 4.79 Å². The maximum atomic E-state index is 11.5. The molecule has 2 unspecified atom stereocenters. The van der Waals surface area contributed by atoms with Crippen LogP contribution in [0.5, 0.6) is 0 Å². The van der Waals surface area contributed by atoms with Crippen LogP contribution in [0.15, 0.2) is 18.5 Å². The topological polar surface area (TPSA) is 42.9 Å². The Kier molecular flexibility index (Phi) is 5.95. The Morgan fingerprint density at radius 1 is 1.16 bits per heavy atom. The van der Waals surface area contributed by atoms with E-state index in [1.165, 1.54) is 32.1 Å². The lowest BCUT2D eigenvalue weighted by Gasteiger charge is -2.14. The Morgan fingerprint density at radius 2 is 1.84 bits per heavy atom. The normalized spacial score (nSPS) is 23.8. The predicted molar refractivity (Wildman–Crippen MR) is 79.2 cm³/mol. The standard InChI is InChI=1S/C15H21BrN2O/c16-11-14(19)9-12-3-1-4-13(6-5-12)10-15-17-7-2-8-18-15/h2,7-8,12-13H,1,3-6,9-11H2. The smallest absolute Gasteiger partial charge is 0.143 e. The molecule has 0 saturated heterocycles. The number of alkyl halides is 1. The summed E-state index contributed by atoms with van der Waals surface area (Å²) in [5.41, 5.74) is 0. The fourth-order valence-corrected chi connectivity index (χ4v) is 3.16. The van der Waals surface area contributed by atoms with Crippen LogP contribution in [0.25, 0.3) is 0 Å². The summed E-state index contributed by atoms with van der Waals surface area (Å²) in [5.74, 6) is 2.58. The summed E-state index contributed by atoms with van der Waals surface area (Å²) >= 11 is 3.25. The fraction of sp³-hybridized carbons (Fsp3) is 0.667. The highest BCUT2D eigenvalue weighted by Crippen LogP contribution is 2.30. The number of ketones is 1. The van der Waals surface area contributed by atoms with Crippen molar-refractivity contribution < 1.29 is 4.79 Å². The molecule has 19 heavy (non-hydrogen) atoms. The van der Waals surface area contributed by atoms with Crippen LogP contribution in [0.3, 0.4) is 0 Å². The Hall–Kier alpha value is -0.770. The zero-order valence-electron chi connectivity index (χ0n) is 11.2. The number of nitrogens with zero attached hydrogens (tertiary/aromatic N) is 2. The van der Waals surface area contributed by atoms with E-state index in [1.54, 1.807) is 0 Å². The molecule has 1 saturated carbocycles. The molecule has 1 fully saturated rings. The number of carbonyl (C=O) groups excluding carboxylic acids is 1. The third kappa shape index (κ3) is 5.01. The average Bonchev–Trinajstić information content (AvgIpc) is 2.65. The lowest BCUT2D eigenvalue weighted by molar-refractivity contribution is -0.117. The third-order valence-corrected chi connectivity index (χ3v) is 4.59. The van der Waals surface area contributed by atoms with E-state index in [-0.39, 0.29) is 0 Å². The van der Waals surface area contributed by atoms with Gasteiger partial charge < -0.3 is 0 Å². The molecule has 1 aliphatic carbocycles. The molecule has 0 aromatic carbocycles. The SMILES string of the molecule is O=C(CBr)CC1CCCC(Cc2ncccn2)CC1. The van der Waals surface area contributed by atoms with E-state index in [1.807, 2.05) is 18.5 Å². The molecule has 0 amide bonds. The molecule has 1 heterocycles. The summed E-state index contributed by atoms with van der Waals surface area (Å²) < 4.78 is 0. The van der Waals surface area contributed by atoms with Crippen LogP contribution in [-0.2, 0) is 11.2 Å². The van der Waals surface area contributed by atoms with Crippen LogP contribution >= 0.6 is 15.9 Å². The lowest BCUT2D eigenvalue weighted by Crippen LogP contribution is -2.09. The minimum absolute atomic E-state index is 0.342. The maximum absolute atomic E-state index is 11.5. The molecule has 1 aromatic heterocycles. The molecular weight excluding hydrogens is 304 g/mol. The van der Waals surface area contributed by atoms with E-state index in [4.69, 9.17) is 0 Å². The molecule has 0 bridgehead atoms. The molecule has 0 radical (unpaired) electrons. The molecule has 3 nitrogen and oxygen atoms in total. The quantitative estimate of drug-likeness (QED) is 0.614. The Morgan fingerprint density at radius 3 is 2.58 bits per heavy atom. The molecule has 1 aromatic rings. The molecule has 0 spiro atoms. The second-order valence-corrected chi connectivity index (χ2v) is 6.05. The van der Waals surface area contributed by atoms with Gasteiger partial charge in [-0.15, -0.1) is 0 Å². The summed E-state index contributed by atoms with van der Waals surface area (Å²) in [7, 11) is 0. The van der Waals surface area contributed by atoms with Gasteiger partial charge in [-0.3, -0.25) is 4.79 Å². The highest BCUT2D eigenvalue weighted by atomic mass is 79.9. The average molecular weight is 325 g/mol. The summed E-state index contributed by atoms with van der Waals surface area (Å²) in [6, 6.07) is 1.86. The number of aromatic nitrogens is 2. The van der Waals surface area contributed by atoms with Gasteiger partial charge in [0.15, 0.2) is 0 Å². The van der Waals surface area contributed by atoms with Crippen LogP contribution in [0.1, 0.15) is 44.3 Å². The van der Waals surface area contributed by atoms with Gasteiger partial charge in [0.05, 0.1) is 5.33 Å². The van der Waals surface area contributed by atoms with Crippen molar-refractivity contribution in [2.75, 3.05) is 5.33 Å². The van der Waals surface area contributed by atoms with Gasteiger partial charge in [0.25, 0.3) is 0 Å². The summed E-state index contributed by atoms with van der Waals surface area (Å²) in [5, 5.41) is 0.505. The Balaban J connectivity index is 1.81. The molecule has 2 rings (SSSR count). The van der Waals surface area contributed by atoms with Crippen molar-refractivity contribution in [2.45, 2.75) is 44.9 Å². The monoisotopic (exact) mass is 324 g/mol. The molecule has 104 valence electrons. The summed E-state index contributed by atoms with van der Waals surface area (Å²) in [6.07, 6.45) is 11.4. The van der Waals surface area contributed by atoms with Crippen LogP contribution in [0, 0.1) is 11.8 Å².